The third-order valence-corrected chi connectivity index (χ3v) is 2.86. The van der Waals surface area contributed by atoms with Crippen molar-refractivity contribution in [1.29, 1.82) is 0 Å². The van der Waals surface area contributed by atoms with Gasteiger partial charge in [0.05, 0.1) is 13.2 Å². The Bertz CT molecular complexity index is 535. The zero-order chi connectivity index (χ0) is 13.0. The van der Waals surface area contributed by atoms with Crippen molar-refractivity contribution >= 4 is 0 Å². The highest BCUT2D eigenvalue weighted by Gasteiger charge is 2.05. The van der Waals surface area contributed by atoms with Crippen LogP contribution in [0.15, 0.2) is 42.5 Å². The quantitative estimate of drug-likeness (QED) is 0.869. The molecule has 2 rings (SSSR count). The predicted molar refractivity (Wildman–Crippen MR) is 69.5 cm³/mol. The Morgan fingerprint density at radius 1 is 0.944 bits per heavy atom. The molecule has 2 aromatic rings. The maximum Gasteiger partial charge on any atom is 0.132 e. The average Bonchev–Trinajstić information content (AvgIpc) is 2.39. The van der Waals surface area contributed by atoms with Gasteiger partial charge in [-0.15, -0.1) is 0 Å². The summed E-state index contributed by atoms with van der Waals surface area (Å²) in [4.78, 5) is 0. The van der Waals surface area contributed by atoms with E-state index in [1.165, 1.54) is 0 Å². The number of benzene rings is 2. The molecule has 18 heavy (non-hydrogen) atoms. The first kappa shape index (κ1) is 12.6. The van der Waals surface area contributed by atoms with Gasteiger partial charge < -0.3 is 14.9 Å². The molecule has 0 unspecified atom stereocenters. The molecule has 0 spiro atoms. The van der Waals surface area contributed by atoms with Crippen LogP contribution in [0.4, 0.5) is 0 Å². The predicted octanol–water partition coefficient (Wildman–Crippen LogP) is 2.77. The highest BCUT2D eigenvalue weighted by molar-refractivity contribution is 5.40. The minimum Gasteiger partial charge on any atom is -0.457 e. The first-order valence-corrected chi connectivity index (χ1v) is 5.81. The van der Waals surface area contributed by atoms with Crippen LogP contribution in [0.1, 0.15) is 16.7 Å². The Balaban J connectivity index is 2.26. The molecule has 0 heterocycles. The van der Waals surface area contributed by atoms with Crippen LogP contribution in [0.5, 0.6) is 11.5 Å². The summed E-state index contributed by atoms with van der Waals surface area (Å²) >= 11 is 0. The lowest BCUT2D eigenvalue weighted by atomic mass is 10.1. The van der Waals surface area contributed by atoms with Crippen LogP contribution in [0.3, 0.4) is 0 Å². The molecule has 2 aromatic carbocycles. The minimum atomic E-state index is -0.0517. The van der Waals surface area contributed by atoms with E-state index in [0.29, 0.717) is 11.5 Å². The topological polar surface area (TPSA) is 49.7 Å². The molecule has 3 nitrogen and oxygen atoms in total. The summed E-state index contributed by atoms with van der Waals surface area (Å²) in [5.41, 5.74) is 2.62. The molecule has 0 aliphatic heterocycles. The number of para-hydroxylation sites is 1. The number of aryl methyl sites for hydroxylation is 1. The number of rotatable bonds is 4. The third-order valence-electron chi connectivity index (χ3n) is 2.86. The number of hydrogen-bond acceptors (Lipinski definition) is 3. The normalized spacial score (nSPS) is 10.4. The lowest BCUT2D eigenvalue weighted by Gasteiger charge is -2.11. The highest BCUT2D eigenvalue weighted by Crippen LogP contribution is 2.26. The molecular weight excluding hydrogens is 228 g/mol. The van der Waals surface area contributed by atoms with Crippen molar-refractivity contribution in [1.82, 2.24) is 0 Å². The Morgan fingerprint density at radius 3 is 2.33 bits per heavy atom. The van der Waals surface area contributed by atoms with Crippen molar-refractivity contribution in [3.8, 4) is 11.5 Å². The van der Waals surface area contributed by atoms with Crippen LogP contribution < -0.4 is 4.74 Å². The van der Waals surface area contributed by atoms with Crippen LogP contribution in [0.2, 0.25) is 0 Å². The maximum atomic E-state index is 9.22. The summed E-state index contributed by atoms with van der Waals surface area (Å²) in [6.07, 6.45) is 0. The Hall–Kier alpha value is -1.84. The van der Waals surface area contributed by atoms with Crippen molar-refractivity contribution in [2.24, 2.45) is 0 Å². The molecule has 0 saturated carbocycles. The first-order valence-electron chi connectivity index (χ1n) is 5.81. The molecule has 0 bridgehead atoms. The molecule has 0 aliphatic carbocycles. The van der Waals surface area contributed by atoms with E-state index in [0.717, 1.165) is 16.7 Å². The van der Waals surface area contributed by atoms with Crippen LogP contribution in [0, 0.1) is 6.92 Å². The summed E-state index contributed by atoms with van der Waals surface area (Å²) in [6, 6.07) is 12.9. The summed E-state index contributed by atoms with van der Waals surface area (Å²) in [7, 11) is 0. The number of hydrogen-bond donors (Lipinski definition) is 2. The highest BCUT2D eigenvalue weighted by atomic mass is 16.5. The minimum absolute atomic E-state index is 0.0271. The van der Waals surface area contributed by atoms with Gasteiger partial charge >= 0.3 is 0 Å². The second kappa shape index (κ2) is 5.67. The molecule has 0 amide bonds. The van der Waals surface area contributed by atoms with E-state index in [4.69, 9.17) is 9.84 Å². The fraction of sp³-hybridized carbons (Fsp3) is 0.200. The van der Waals surface area contributed by atoms with Gasteiger partial charge in [-0.1, -0.05) is 24.3 Å². The molecule has 0 radical (unpaired) electrons. The van der Waals surface area contributed by atoms with Gasteiger partial charge in [-0.25, -0.2) is 0 Å². The fourth-order valence-corrected chi connectivity index (χ4v) is 1.77. The van der Waals surface area contributed by atoms with Gasteiger partial charge in [0.2, 0.25) is 0 Å². The van der Waals surface area contributed by atoms with Gasteiger partial charge in [0.15, 0.2) is 0 Å². The van der Waals surface area contributed by atoms with Crippen molar-refractivity contribution in [2.75, 3.05) is 0 Å². The van der Waals surface area contributed by atoms with E-state index in [1.807, 2.05) is 49.4 Å². The van der Waals surface area contributed by atoms with Gasteiger partial charge in [0, 0.05) is 5.56 Å². The van der Waals surface area contributed by atoms with Crippen molar-refractivity contribution in [3.05, 3.63) is 59.2 Å². The Labute approximate surface area is 106 Å². The molecule has 3 heteroatoms. The molecule has 94 valence electrons. The SMILES string of the molecule is Cc1cc(Oc2ccccc2CO)ccc1CO. The number of aliphatic hydroxyl groups is 2. The maximum absolute atomic E-state index is 9.22. The van der Waals surface area contributed by atoms with Crippen LogP contribution >= 0.6 is 0 Å². The molecule has 0 fully saturated rings. The average molecular weight is 244 g/mol. The van der Waals surface area contributed by atoms with E-state index in [2.05, 4.69) is 0 Å². The summed E-state index contributed by atoms with van der Waals surface area (Å²) in [6.45, 7) is 1.90. The Morgan fingerprint density at radius 2 is 1.67 bits per heavy atom. The second-order valence-electron chi connectivity index (χ2n) is 4.11. The van der Waals surface area contributed by atoms with Gasteiger partial charge in [-0.3, -0.25) is 0 Å². The van der Waals surface area contributed by atoms with E-state index in [1.54, 1.807) is 0 Å². The molecule has 0 atom stereocenters. The third kappa shape index (κ3) is 2.70. The number of aliphatic hydroxyl groups excluding tert-OH is 2. The molecule has 0 aromatic heterocycles. The fourth-order valence-electron chi connectivity index (χ4n) is 1.77. The molecule has 0 aliphatic rings. The van der Waals surface area contributed by atoms with Gasteiger partial charge in [-0.05, 0) is 36.2 Å². The Kier molecular flexibility index (Phi) is 3.97. The first-order chi connectivity index (χ1) is 8.74. The summed E-state index contributed by atoms with van der Waals surface area (Å²) in [5.74, 6) is 1.35. The van der Waals surface area contributed by atoms with E-state index in [9.17, 15) is 5.11 Å². The van der Waals surface area contributed by atoms with Crippen molar-refractivity contribution in [2.45, 2.75) is 20.1 Å². The van der Waals surface area contributed by atoms with Gasteiger partial charge in [0.25, 0.3) is 0 Å². The largest absolute Gasteiger partial charge is 0.457 e. The lowest BCUT2D eigenvalue weighted by molar-refractivity contribution is 0.276. The van der Waals surface area contributed by atoms with Crippen molar-refractivity contribution < 1.29 is 14.9 Å². The molecule has 0 saturated heterocycles. The van der Waals surface area contributed by atoms with Gasteiger partial charge in [-0.2, -0.15) is 0 Å². The summed E-state index contributed by atoms with van der Waals surface area (Å²) in [5, 5.41) is 18.3. The van der Waals surface area contributed by atoms with Crippen LogP contribution in [-0.4, -0.2) is 10.2 Å². The summed E-state index contributed by atoms with van der Waals surface area (Å²) < 4.78 is 5.74. The van der Waals surface area contributed by atoms with E-state index in [-0.39, 0.29) is 13.2 Å². The van der Waals surface area contributed by atoms with Crippen LogP contribution in [-0.2, 0) is 13.2 Å². The lowest BCUT2D eigenvalue weighted by Crippen LogP contribution is -1.93. The standard InChI is InChI=1S/C15H16O3/c1-11-8-14(7-6-12(11)9-16)18-15-5-3-2-4-13(15)10-17/h2-8,16-17H,9-10H2,1H3. The second-order valence-corrected chi connectivity index (χ2v) is 4.11. The van der Waals surface area contributed by atoms with Gasteiger partial charge in [0.1, 0.15) is 11.5 Å². The van der Waals surface area contributed by atoms with Crippen molar-refractivity contribution in [3.63, 3.8) is 0 Å². The smallest absolute Gasteiger partial charge is 0.132 e. The van der Waals surface area contributed by atoms with Crippen LogP contribution in [0.25, 0.3) is 0 Å². The molecular formula is C15H16O3. The molecule has 2 N–H and O–H groups in total. The van der Waals surface area contributed by atoms with E-state index < -0.39 is 0 Å². The van der Waals surface area contributed by atoms with E-state index >= 15 is 0 Å². The zero-order valence-corrected chi connectivity index (χ0v) is 10.3. The zero-order valence-electron chi connectivity index (χ0n) is 10.3. The monoisotopic (exact) mass is 244 g/mol. The number of ether oxygens (including phenoxy) is 1.